The highest BCUT2D eigenvalue weighted by atomic mass is 32.1. The number of urea groups is 1. The number of thiazole rings is 1. The number of phenols is 1. The third-order valence-electron chi connectivity index (χ3n) is 21.7. The van der Waals surface area contributed by atoms with Gasteiger partial charge in [-0.1, -0.05) is 111 Å². The number of anilines is 2. The quantitative estimate of drug-likeness (QED) is 0.0134. The zero-order valence-electron chi connectivity index (χ0n) is 73.2. The molecule has 8 rings (SSSR count). The standard InChI is InChI=1S/C87H127N19O18S/c1-10-35-106(83(115)74(55(8)12-3)101-80(113)68-18-13-14-36-105(68)9)69(53(4)5)48-70(122-37-11-2)82-98-67(51-125-82)79(112)96-61-45-59-28-31-62(107)47-63(59)64(46-61)77(110)103-104-87(118)123-44-43-121-42-41-120-40-39-119-38-34-91-86(117)124-50-58-25-29-60(30-26-58)95-78(111)66(17-16-33-90-85(89)116)97-81(114)73(54(6)7)100-72(109)20-15-19-71(108)92-49-57-23-21-56(22-24-57)27-32-65-75-76(94-52-93-75)102-84(88)99-65/h21-26,28-31,47,51-55,61,64,66,68-70,73-74,107H,10-20,27,32-46,48-50H2,1-9H3,(H,91,117)(H,92,108)(H,95,111)(H,96,112)(H,97,114)(H,100,109)(H,101,113)(H,103,110)(H,104,118)(H3,89,90,116)(H3,88,93,94,99,102)/t55-,61-,64+,66-,68+,69+,70+,73-,74-/m0/s1. The molecule has 3 aromatic heterocycles. The number of H-pyrrole nitrogens is 1. The van der Waals surface area contributed by atoms with E-state index in [2.05, 4.69) is 92.1 Å². The molecular formula is C87H127N19O18S. The highest BCUT2D eigenvalue weighted by Gasteiger charge is 2.40. The molecule has 1 saturated heterocycles. The lowest BCUT2D eigenvalue weighted by Crippen LogP contribution is -2.58. The predicted molar refractivity (Wildman–Crippen MR) is 468 cm³/mol. The molecule has 125 heavy (non-hydrogen) atoms. The number of aromatic nitrogens is 5. The van der Waals surface area contributed by atoms with E-state index in [-0.39, 0.29) is 164 Å². The Morgan fingerprint density at radius 2 is 1.41 bits per heavy atom. The van der Waals surface area contributed by atoms with E-state index in [1.165, 1.54) is 23.5 Å². The van der Waals surface area contributed by atoms with E-state index in [4.69, 9.17) is 44.9 Å². The minimum atomic E-state index is -1.10. The number of amides is 12. The molecule has 0 bridgehead atoms. The number of fused-ring (bicyclic) bond motifs is 2. The SMILES string of the molecule is CCCO[C@H](C[C@H](C(C)C)N(CCC)C(=O)[C@@H](NC(=O)[C@H]1CCCCN1C)[C@@H](C)CC)c1nc(C(=O)N[C@H]2Cc3ccc(O)cc3[C@H](C(=O)NNC(=O)OCCOCCOCCOCCNC(=O)OCc3ccc(NC(=O)[C@H](CCCNC(N)=O)NC(=O)[C@@H](NC(=O)CCCC(=O)NCc4ccc(CCc5nc(N)nc6nc[nH]c56)cc4)C(C)C)cc3)C2)cs1. The number of likely N-dealkylation sites (tertiary alicyclic amines) is 1. The zero-order chi connectivity index (χ0) is 90.3. The molecule has 9 atom stereocenters. The lowest BCUT2D eigenvalue weighted by Gasteiger charge is -2.40. The molecule has 16 N–H and O–H groups in total. The number of nitrogen functional groups attached to an aromatic ring is 1. The molecule has 2 aliphatic rings. The van der Waals surface area contributed by atoms with Crippen LogP contribution in [0.2, 0.25) is 0 Å². The molecule has 12 amide bonds. The fourth-order valence-corrected chi connectivity index (χ4v) is 15.6. The van der Waals surface area contributed by atoms with Crippen molar-refractivity contribution in [2.24, 2.45) is 23.5 Å². The number of benzene rings is 3. The van der Waals surface area contributed by atoms with Crippen LogP contribution in [0.15, 0.2) is 78.4 Å². The van der Waals surface area contributed by atoms with Crippen LogP contribution in [0.1, 0.15) is 200 Å². The monoisotopic (exact) mass is 1760 g/mol. The van der Waals surface area contributed by atoms with Crippen LogP contribution >= 0.6 is 11.3 Å². The lowest BCUT2D eigenvalue weighted by molar-refractivity contribution is -0.143. The first-order valence-electron chi connectivity index (χ1n) is 43.3. The molecule has 684 valence electrons. The summed E-state index contributed by atoms with van der Waals surface area (Å²) in [5.41, 5.74) is 22.2. The number of hydrogen-bond donors (Lipinski definition) is 14. The summed E-state index contributed by atoms with van der Waals surface area (Å²) in [5.74, 6) is -4.52. The normalized spacial score (nSPS) is 15.9. The van der Waals surface area contributed by atoms with Crippen LogP contribution in [0.5, 0.6) is 5.75 Å². The number of alkyl carbamates (subject to hydrolysis) is 1. The molecule has 0 saturated carbocycles. The van der Waals surface area contributed by atoms with Crippen LogP contribution < -0.4 is 64.9 Å². The van der Waals surface area contributed by atoms with E-state index < -0.39 is 89.9 Å². The number of hydrogen-bond acceptors (Lipinski definition) is 25. The minimum absolute atomic E-state index is 0.00351. The third kappa shape index (κ3) is 32.7. The molecule has 38 heteroatoms. The number of hydrazine groups is 1. The van der Waals surface area contributed by atoms with Crippen molar-refractivity contribution in [2.45, 2.75) is 220 Å². The van der Waals surface area contributed by atoms with E-state index >= 15 is 0 Å². The van der Waals surface area contributed by atoms with Gasteiger partial charge < -0.3 is 97.4 Å². The highest BCUT2D eigenvalue weighted by molar-refractivity contribution is 7.09. The largest absolute Gasteiger partial charge is 0.508 e. The van der Waals surface area contributed by atoms with E-state index in [1.54, 1.807) is 55.9 Å². The molecule has 0 spiro atoms. The summed E-state index contributed by atoms with van der Waals surface area (Å²) < 4.78 is 33.7. The van der Waals surface area contributed by atoms with Crippen molar-refractivity contribution in [3.63, 3.8) is 0 Å². The van der Waals surface area contributed by atoms with Crippen molar-refractivity contribution in [3.8, 4) is 5.75 Å². The smallest absolute Gasteiger partial charge is 0.426 e. The maximum atomic E-state index is 14.9. The van der Waals surface area contributed by atoms with Gasteiger partial charge in [-0.15, -0.1) is 11.3 Å². The molecule has 0 radical (unpaired) electrons. The van der Waals surface area contributed by atoms with Gasteiger partial charge in [-0.25, -0.2) is 34.8 Å². The summed E-state index contributed by atoms with van der Waals surface area (Å²) in [6, 6.07) is 14.2. The lowest BCUT2D eigenvalue weighted by atomic mass is 9.79. The molecule has 1 fully saturated rings. The Morgan fingerprint density at radius 1 is 0.696 bits per heavy atom. The van der Waals surface area contributed by atoms with E-state index in [1.807, 2.05) is 63.9 Å². The van der Waals surface area contributed by atoms with Gasteiger partial charge in [0.25, 0.3) is 5.91 Å². The number of nitrogens with one attached hydrogen (secondary N) is 11. The van der Waals surface area contributed by atoms with Gasteiger partial charge in [-0.2, -0.15) is 4.98 Å². The van der Waals surface area contributed by atoms with Crippen molar-refractivity contribution in [3.05, 3.63) is 123 Å². The van der Waals surface area contributed by atoms with Crippen LogP contribution in [0.4, 0.5) is 26.0 Å². The zero-order valence-corrected chi connectivity index (χ0v) is 74.0. The molecule has 1 aliphatic heterocycles. The van der Waals surface area contributed by atoms with E-state index in [0.29, 0.717) is 91.3 Å². The van der Waals surface area contributed by atoms with Crippen molar-refractivity contribution in [1.82, 2.24) is 82.8 Å². The first-order valence-corrected chi connectivity index (χ1v) is 44.2. The average Bonchev–Trinajstić information content (AvgIpc) is 1.20. The van der Waals surface area contributed by atoms with Crippen LogP contribution in [0.25, 0.3) is 11.2 Å². The number of phenolic OH excluding ortho intramolecular Hbond substituents is 1. The number of aryl methyl sites for hydroxylation is 2. The number of piperidine rings is 1. The molecule has 4 heterocycles. The molecule has 1 aliphatic carbocycles. The number of nitrogens with zero attached hydrogens (tertiary/aromatic N) is 6. The Hall–Kier alpha value is -11.2. The Balaban J connectivity index is 0.671. The third-order valence-corrected chi connectivity index (χ3v) is 22.7. The summed E-state index contributed by atoms with van der Waals surface area (Å²) in [6.45, 7) is 18.7. The maximum absolute atomic E-state index is 14.9. The Labute approximate surface area is 733 Å². The molecule has 6 aromatic rings. The van der Waals surface area contributed by atoms with Gasteiger partial charge in [-0.05, 0) is 154 Å². The average molecular weight is 1760 g/mol. The summed E-state index contributed by atoms with van der Waals surface area (Å²) in [4.78, 5) is 171. The summed E-state index contributed by atoms with van der Waals surface area (Å²) in [7, 11) is 1.96. The summed E-state index contributed by atoms with van der Waals surface area (Å²) in [6.07, 6.45) is 6.96. The number of aromatic amines is 1. The Bertz CT molecular complexity index is 4480. The van der Waals surface area contributed by atoms with Gasteiger partial charge in [0.1, 0.15) is 59.4 Å². The fraction of sp³-hybridized carbons (Fsp3) is 0.575. The second-order valence-corrected chi connectivity index (χ2v) is 32.9. The molecule has 3 aromatic carbocycles. The number of primary amides is 1. The number of aromatic hydroxyl groups is 1. The number of carbonyl (C=O) groups excluding carboxylic acids is 11. The number of nitrogens with two attached hydrogens (primary N) is 2. The number of carbonyl (C=O) groups is 11. The van der Waals surface area contributed by atoms with Crippen LogP contribution in [-0.2, 0) is 94.4 Å². The van der Waals surface area contributed by atoms with Gasteiger partial charge in [0.15, 0.2) is 5.65 Å². The van der Waals surface area contributed by atoms with Crippen molar-refractivity contribution in [2.75, 3.05) is 97.1 Å². The topological polar surface area (TPSA) is 510 Å². The highest BCUT2D eigenvalue weighted by Crippen LogP contribution is 2.36. The first-order chi connectivity index (χ1) is 60.1. The Morgan fingerprint density at radius 3 is 2.10 bits per heavy atom. The van der Waals surface area contributed by atoms with Gasteiger partial charge in [0.05, 0.1) is 63.6 Å². The van der Waals surface area contributed by atoms with Crippen LogP contribution in [0.3, 0.4) is 0 Å². The Kier molecular flexibility index (Phi) is 41.2. The minimum Gasteiger partial charge on any atom is -0.508 e. The van der Waals surface area contributed by atoms with Gasteiger partial charge >= 0.3 is 18.2 Å². The predicted octanol–water partition coefficient (Wildman–Crippen LogP) is 7.08. The van der Waals surface area contributed by atoms with Crippen molar-refractivity contribution < 1.29 is 86.3 Å². The van der Waals surface area contributed by atoms with E-state index in [9.17, 15) is 57.8 Å². The summed E-state index contributed by atoms with van der Waals surface area (Å²) >= 11 is 1.29. The first kappa shape index (κ1) is 99.2. The summed E-state index contributed by atoms with van der Waals surface area (Å²) in [5, 5.41) is 35.3. The molecular weight excluding hydrogens is 1630 g/mol. The number of likely N-dealkylation sites (N-methyl/N-ethyl adjacent to an activating group) is 1. The van der Waals surface area contributed by atoms with Crippen molar-refractivity contribution in [1.29, 1.82) is 0 Å². The van der Waals surface area contributed by atoms with Gasteiger partial charge in [0, 0.05) is 75.2 Å². The van der Waals surface area contributed by atoms with Crippen molar-refractivity contribution >= 4 is 99.6 Å². The molecule has 37 nitrogen and oxygen atoms in total. The number of ether oxygens (including phenoxy) is 6. The van der Waals surface area contributed by atoms with Crippen LogP contribution in [-0.4, -0.2) is 228 Å². The van der Waals surface area contributed by atoms with Gasteiger partial charge in [-0.3, -0.25) is 48.7 Å². The fourth-order valence-electron chi connectivity index (χ4n) is 14.7. The van der Waals surface area contributed by atoms with Gasteiger partial charge in [0.2, 0.25) is 47.3 Å². The number of imidazole rings is 1. The van der Waals surface area contributed by atoms with E-state index in [0.717, 1.165) is 54.6 Å². The number of rotatable bonds is 51. The molecule has 0 unspecified atom stereocenters. The second kappa shape index (κ2) is 51.9. The second-order valence-electron chi connectivity index (χ2n) is 32.1. The maximum Gasteiger partial charge on any atom is 0.426 e. The van der Waals surface area contributed by atoms with Crippen LogP contribution in [0, 0.1) is 17.8 Å².